The highest BCUT2D eigenvalue weighted by atomic mass is 15.2. The average Bonchev–Trinajstić information content (AvgIpc) is 3.50. The van der Waals surface area contributed by atoms with Gasteiger partial charge >= 0.3 is 0 Å². The predicted octanol–water partition coefficient (Wildman–Crippen LogP) is 12.7. The number of benzene rings is 8. The van der Waals surface area contributed by atoms with Gasteiger partial charge in [0.05, 0.1) is 22.4 Å². The third-order valence-electron chi connectivity index (χ3n) is 9.90. The van der Waals surface area contributed by atoms with Crippen molar-refractivity contribution in [2.45, 2.75) is 0 Å². The van der Waals surface area contributed by atoms with Crippen molar-refractivity contribution in [3.05, 3.63) is 182 Å². The molecule has 0 aliphatic carbocycles. The van der Waals surface area contributed by atoms with Gasteiger partial charge in [0.15, 0.2) is 0 Å². The molecule has 9 aromatic rings. The molecular weight excluding hydrogens is 581 g/mol. The second-order valence-electron chi connectivity index (χ2n) is 12.5. The first-order valence-electron chi connectivity index (χ1n) is 16.5. The number of nitrogens with zero attached hydrogens (tertiary/aromatic N) is 2. The molecular formula is C46H30N2. The molecule has 0 atom stereocenters. The molecule has 0 unspecified atom stereocenters. The van der Waals surface area contributed by atoms with Crippen LogP contribution in [0.5, 0.6) is 0 Å². The summed E-state index contributed by atoms with van der Waals surface area (Å²) in [6, 6.07) is 66.2. The van der Waals surface area contributed by atoms with Crippen LogP contribution in [0.1, 0.15) is 0 Å². The van der Waals surface area contributed by atoms with Crippen molar-refractivity contribution >= 4 is 49.6 Å². The van der Waals surface area contributed by atoms with E-state index in [2.05, 4.69) is 191 Å². The quantitative estimate of drug-likeness (QED) is 0.192. The fourth-order valence-corrected chi connectivity index (χ4v) is 7.84. The van der Waals surface area contributed by atoms with Crippen LogP contribution in [-0.2, 0) is 0 Å². The van der Waals surface area contributed by atoms with Crippen LogP contribution in [0.2, 0.25) is 0 Å². The standard InChI is InChI=1S/C46H30N2/c1-5-14-31(15-6-1)33-24-28-41-40(30-33)45-43(47(41)34-18-9-3-10-19-34)29-27-39-38-26-25-36(32-16-7-2-8-17-32)37-22-13-23-42(44(37)38)48(46(39)45)35-20-11-4-12-21-35/h1-30H. The van der Waals surface area contributed by atoms with Gasteiger partial charge in [0.1, 0.15) is 0 Å². The van der Waals surface area contributed by atoms with Crippen molar-refractivity contribution in [3.8, 4) is 39.1 Å². The second-order valence-corrected chi connectivity index (χ2v) is 12.5. The number of aromatic nitrogens is 1. The van der Waals surface area contributed by atoms with Crippen molar-refractivity contribution in [1.29, 1.82) is 0 Å². The van der Waals surface area contributed by atoms with Gasteiger partial charge in [-0.2, -0.15) is 0 Å². The van der Waals surface area contributed by atoms with Crippen molar-refractivity contribution < 1.29 is 0 Å². The Labute approximate surface area is 279 Å². The van der Waals surface area contributed by atoms with Crippen LogP contribution < -0.4 is 4.90 Å². The topological polar surface area (TPSA) is 8.17 Å². The molecule has 1 aliphatic rings. The maximum Gasteiger partial charge on any atom is 0.0640 e. The Kier molecular flexibility index (Phi) is 5.91. The lowest BCUT2D eigenvalue weighted by Gasteiger charge is -2.34. The van der Waals surface area contributed by atoms with E-state index in [-0.39, 0.29) is 0 Å². The lowest BCUT2D eigenvalue weighted by atomic mass is 9.86. The third-order valence-corrected chi connectivity index (χ3v) is 9.90. The van der Waals surface area contributed by atoms with Gasteiger partial charge in [0.25, 0.3) is 0 Å². The predicted molar refractivity (Wildman–Crippen MR) is 203 cm³/mol. The molecule has 0 N–H and O–H groups in total. The van der Waals surface area contributed by atoms with Gasteiger partial charge < -0.3 is 9.47 Å². The molecule has 0 saturated heterocycles. The summed E-state index contributed by atoms with van der Waals surface area (Å²) >= 11 is 0. The molecule has 0 spiro atoms. The van der Waals surface area contributed by atoms with Gasteiger partial charge in [-0.1, -0.05) is 133 Å². The molecule has 0 fully saturated rings. The van der Waals surface area contributed by atoms with Crippen LogP contribution in [0.4, 0.5) is 17.1 Å². The molecule has 8 aromatic carbocycles. The van der Waals surface area contributed by atoms with E-state index in [0.717, 1.165) is 11.4 Å². The Bertz CT molecular complexity index is 2640. The van der Waals surface area contributed by atoms with E-state index >= 15 is 0 Å². The van der Waals surface area contributed by atoms with Gasteiger partial charge in [-0.3, -0.25) is 0 Å². The summed E-state index contributed by atoms with van der Waals surface area (Å²) in [7, 11) is 0. The SMILES string of the molecule is c1ccc(-c2ccc3c(c2)c2c4c(ccc2n3-c2ccccc2)-c2ccc(-c3ccccc3)c3cccc(c23)N4c2ccccc2)cc1. The summed E-state index contributed by atoms with van der Waals surface area (Å²) < 4.78 is 2.43. The maximum atomic E-state index is 2.51. The van der Waals surface area contributed by atoms with E-state index in [1.165, 1.54) is 77.3 Å². The molecule has 10 rings (SSSR count). The second kappa shape index (κ2) is 10.6. The van der Waals surface area contributed by atoms with Crippen molar-refractivity contribution in [1.82, 2.24) is 4.57 Å². The van der Waals surface area contributed by atoms with E-state index in [9.17, 15) is 0 Å². The first kappa shape index (κ1) is 26.8. The van der Waals surface area contributed by atoms with E-state index in [0.29, 0.717) is 0 Å². The monoisotopic (exact) mass is 610 g/mol. The van der Waals surface area contributed by atoms with Crippen molar-refractivity contribution in [2.75, 3.05) is 4.90 Å². The zero-order valence-electron chi connectivity index (χ0n) is 26.2. The number of anilines is 3. The number of para-hydroxylation sites is 2. The summed E-state index contributed by atoms with van der Waals surface area (Å²) in [5.41, 5.74) is 14.5. The molecule has 0 saturated carbocycles. The van der Waals surface area contributed by atoms with Gasteiger partial charge in [-0.15, -0.1) is 0 Å². The zero-order chi connectivity index (χ0) is 31.6. The normalized spacial score (nSPS) is 12.1. The van der Waals surface area contributed by atoms with Crippen molar-refractivity contribution in [3.63, 3.8) is 0 Å². The van der Waals surface area contributed by atoms with E-state index in [1.54, 1.807) is 0 Å². The highest BCUT2D eigenvalue weighted by molar-refractivity contribution is 6.26. The number of hydrogen-bond acceptors (Lipinski definition) is 1. The molecule has 0 radical (unpaired) electrons. The van der Waals surface area contributed by atoms with E-state index in [4.69, 9.17) is 0 Å². The Balaban J connectivity index is 1.37. The lowest BCUT2D eigenvalue weighted by molar-refractivity contribution is 1.18. The number of hydrogen-bond donors (Lipinski definition) is 0. The van der Waals surface area contributed by atoms with Gasteiger partial charge in [0, 0.05) is 33.1 Å². The first-order valence-corrected chi connectivity index (χ1v) is 16.5. The minimum atomic E-state index is 1.15. The van der Waals surface area contributed by atoms with Crippen molar-refractivity contribution in [2.24, 2.45) is 0 Å². The average molecular weight is 611 g/mol. The smallest absolute Gasteiger partial charge is 0.0640 e. The molecule has 2 heteroatoms. The van der Waals surface area contributed by atoms with Gasteiger partial charge in [-0.05, 0) is 81.7 Å². The number of fused-ring (bicyclic) bond motifs is 6. The van der Waals surface area contributed by atoms with Crippen LogP contribution in [0.25, 0.3) is 71.6 Å². The van der Waals surface area contributed by atoms with Crippen LogP contribution >= 0.6 is 0 Å². The molecule has 2 heterocycles. The Morgan fingerprint density at radius 3 is 1.67 bits per heavy atom. The van der Waals surface area contributed by atoms with Gasteiger partial charge in [0.2, 0.25) is 0 Å². The highest BCUT2D eigenvalue weighted by Gasteiger charge is 2.31. The summed E-state index contributed by atoms with van der Waals surface area (Å²) in [5, 5.41) is 5.04. The van der Waals surface area contributed by atoms with Crippen LogP contribution in [0.3, 0.4) is 0 Å². The molecule has 0 amide bonds. The van der Waals surface area contributed by atoms with E-state index < -0.39 is 0 Å². The molecule has 1 aromatic heterocycles. The Morgan fingerprint density at radius 2 is 0.938 bits per heavy atom. The Hall–Kier alpha value is -6.38. The molecule has 2 nitrogen and oxygen atoms in total. The fourth-order valence-electron chi connectivity index (χ4n) is 7.84. The van der Waals surface area contributed by atoms with E-state index in [1.807, 2.05) is 0 Å². The number of rotatable bonds is 4. The molecule has 0 bridgehead atoms. The minimum Gasteiger partial charge on any atom is -0.309 e. The molecule has 48 heavy (non-hydrogen) atoms. The zero-order valence-corrected chi connectivity index (χ0v) is 26.2. The lowest BCUT2D eigenvalue weighted by Crippen LogP contribution is -2.15. The van der Waals surface area contributed by atoms with Crippen LogP contribution in [-0.4, -0.2) is 4.57 Å². The summed E-state index contributed by atoms with van der Waals surface area (Å²) in [4.78, 5) is 2.51. The first-order chi connectivity index (χ1) is 23.8. The Morgan fingerprint density at radius 1 is 0.333 bits per heavy atom. The molecule has 1 aliphatic heterocycles. The summed E-state index contributed by atoms with van der Waals surface area (Å²) in [6.07, 6.45) is 0. The molecule has 224 valence electrons. The summed E-state index contributed by atoms with van der Waals surface area (Å²) in [5.74, 6) is 0. The minimum absolute atomic E-state index is 1.15. The largest absolute Gasteiger partial charge is 0.309 e. The fraction of sp³-hybridized carbons (Fsp3) is 0. The maximum absolute atomic E-state index is 2.51. The third kappa shape index (κ3) is 3.93. The van der Waals surface area contributed by atoms with Crippen LogP contribution in [0, 0.1) is 0 Å². The van der Waals surface area contributed by atoms with Gasteiger partial charge in [-0.25, -0.2) is 0 Å². The van der Waals surface area contributed by atoms with Crippen LogP contribution in [0.15, 0.2) is 182 Å². The summed E-state index contributed by atoms with van der Waals surface area (Å²) in [6.45, 7) is 0. The highest BCUT2D eigenvalue weighted by Crippen LogP contribution is 2.56.